The molecule has 0 aliphatic rings. The van der Waals surface area contributed by atoms with Crippen LogP contribution in [0.25, 0.3) is 0 Å². The molecule has 1 unspecified atom stereocenters. The van der Waals surface area contributed by atoms with Crippen molar-refractivity contribution in [3.05, 3.63) is 35.4 Å². The van der Waals surface area contributed by atoms with Gasteiger partial charge in [0.15, 0.2) is 0 Å². The Bertz CT molecular complexity index is 421. The van der Waals surface area contributed by atoms with Gasteiger partial charge in [-0.3, -0.25) is 4.79 Å². The van der Waals surface area contributed by atoms with Crippen molar-refractivity contribution in [1.29, 1.82) is 0 Å². The lowest BCUT2D eigenvalue weighted by molar-refractivity contribution is 0.0904. The standard InChI is InChI=1S/C13H17F2NO2/c1-8(2)5-10(7-17)16-13(18)11-4-3-9(14)6-12(11)15/h3-4,6,8,10,17H,5,7H2,1-2H3,(H,16,18). The highest BCUT2D eigenvalue weighted by Gasteiger charge is 2.17. The van der Waals surface area contributed by atoms with Crippen molar-refractivity contribution in [2.75, 3.05) is 6.61 Å². The molecule has 0 aliphatic carbocycles. The Morgan fingerprint density at radius 1 is 1.39 bits per heavy atom. The third-order valence-corrected chi connectivity index (χ3v) is 2.49. The van der Waals surface area contributed by atoms with Crippen molar-refractivity contribution >= 4 is 5.91 Å². The highest BCUT2D eigenvalue weighted by molar-refractivity contribution is 5.94. The summed E-state index contributed by atoms with van der Waals surface area (Å²) < 4.78 is 26.1. The molecule has 18 heavy (non-hydrogen) atoms. The van der Waals surface area contributed by atoms with Crippen molar-refractivity contribution in [2.45, 2.75) is 26.3 Å². The molecule has 0 radical (unpaired) electrons. The van der Waals surface area contributed by atoms with Crippen molar-refractivity contribution in [3.8, 4) is 0 Å². The topological polar surface area (TPSA) is 49.3 Å². The molecular weight excluding hydrogens is 240 g/mol. The predicted octanol–water partition coefficient (Wildman–Crippen LogP) is 2.10. The Morgan fingerprint density at radius 3 is 2.56 bits per heavy atom. The van der Waals surface area contributed by atoms with Crippen LogP contribution < -0.4 is 5.32 Å². The first-order chi connectivity index (χ1) is 8.43. The average molecular weight is 257 g/mol. The van der Waals surface area contributed by atoms with Gasteiger partial charge in [-0.05, 0) is 24.5 Å². The summed E-state index contributed by atoms with van der Waals surface area (Å²) in [6.45, 7) is 3.69. The van der Waals surface area contributed by atoms with E-state index in [1.807, 2.05) is 13.8 Å². The Labute approximate surface area is 105 Å². The molecule has 0 saturated carbocycles. The number of rotatable bonds is 5. The van der Waals surface area contributed by atoms with Gasteiger partial charge >= 0.3 is 0 Å². The maximum absolute atomic E-state index is 13.4. The van der Waals surface area contributed by atoms with Gasteiger partial charge < -0.3 is 10.4 Å². The molecule has 0 heterocycles. The van der Waals surface area contributed by atoms with Crippen molar-refractivity contribution < 1.29 is 18.7 Å². The minimum Gasteiger partial charge on any atom is -0.394 e. The molecule has 1 rings (SSSR count). The summed E-state index contributed by atoms with van der Waals surface area (Å²) in [5, 5.41) is 11.6. The van der Waals surface area contributed by atoms with E-state index in [0.29, 0.717) is 18.4 Å². The number of carbonyl (C=O) groups is 1. The van der Waals surface area contributed by atoms with Gasteiger partial charge in [-0.15, -0.1) is 0 Å². The second-order valence-electron chi connectivity index (χ2n) is 4.61. The number of halogens is 2. The number of benzene rings is 1. The molecule has 1 aromatic rings. The zero-order chi connectivity index (χ0) is 13.7. The summed E-state index contributed by atoms with van der Waals surface area (Å²) in [5.74, 6) is -1.99. The van der Waals surface area contributed by atoms with E-state index in [9.17, 15) is 13.6 Å². The minimum absolute atomic E-state index is 0.216. The lowest BCUT2D eigenvalue weighted by Crippen LogP contribution is -2.38. The highest BCUT2D eigenvalue weighted by atomic mass is 19.1. The first-order valence-electron chi connectivity index (χ1n) is 5.80. The van der Waals surface area contributed by atoms with E-state index >= 15 is 0 Å². The lowest BCUT2D eigenvalue weighted by Gasteiger charge is -2.18. The van der Waals surface area contributed by atoms with Gasteiger partial charge in [0.1, 0.15) is 11.6 Å². The second-order valence-corrected chi connectivity index (χ2v) is 4.61. The van der Waals surface area contributed by atoms with Gasteiger partial charge in [0, 0.05) is 6.07 Å². The average Bonchev–Trinajstić information content (AvgIpc) is 2.27. The number of hydrogen-bond donors (Lipinski definition) is 2. The lowest BCUT2D eigenvalue weighted by atomic mass is 10.0. The Balaban J connectivity index is 2.74. The van der Waals surface area contributed by atoms with Crippen LogP contribution in [0.15, 0.2) is 18.2 Å². The number of carbonyl (C=O) groups excluding carboxylic acids is 1. The molecule has 1 amide bonds. The molecule has 0 fully saturated rings. The fourth-order valence-electron chi connectivity index (χ4n) is 1.68. The number of nitrogens with one attached hydrogen (secondary N) is 1. The summed E-state index contributed by atoms with van der Waals surface area (Å²) in [6.07, 6.45) is 0.588. The number of aliphatic hydroxyl groups is 1. The van der Waals surface area contributed by atoms with Gasteiger partial charge in [0.2, 0.25) is 0 Å². The van der Waals surface area contributed by atoms with Crippen molar-refractivity contribution in [3.63, 3.8) is 0 Å². The van der Waals surface area contributed by atoms with E-state index in [1.54, 1.807) is 0 Å². The normalized spacial score (nSPS) is 12.6. The van der Waals surface area contributed by atoms with Crippen LogP contribution in [0, 0.1) is 17.6 Å². The smallest absolute Gasteiger partial charge is 0.254 e. The summed E-state index contributed by atoms with van der Waals surface area (Å²) in [4.78, 5) is 11.7. The summed E-state index contributed by atoms with van der Waals surface area (Å²) in [7, 11) is 0. The Hall–Kier alpha value is -1.49. The van der Waals surface area contributed by atoms with Crippen LogP contribution in [0.5, 0.6) is 0 Å². The molecule has 0 spiro atoms. The molecule has 0 saturated heterocycles. The fraction of sp³-hybridized carbons (Fsp3) is 0.462. The SMILES string of the molecule is CC(C)CC(CO)NC(=O)c1ccc(F)cc1F. The molecule has 0 aliphatic heterocycles. The van der Waals surface area contributed by atoms with Gasteiger partial charge in [-0.1, -0.05) is 13.8 Å². The molecule has 3 nitrogen and oxygen atoms in total. The van der Waals surface area contributed by atoms with E-state index in [4.69, 9.17) is 5.11 Å². The third kappa shape index (κ3) is 4.07. The van der Waals surface area contributed by atoms with Crippen LogP contribution in [-0.4, -0.2) is 23.7 Å². The van der Waals surface area contributed by atoms with Gasteiger partial charge in [0.05, 0.1) is 18.2 Å². The summed E-state index contributed by atoms with van der Waals surface area (Å²) >= 11 is 0. The molecule has 2 N–H and O–H groups in total. The van der Waals surface area contributed by atoms with Gasteiger partial charge in [-0.2, -0.15) is 0 Å². The van der Waals surface area contributed by atoms with Gasteiger partial charge in [0.25, 0.3) is 5.91 Å². The summed E-state index contributed by atoms with van der Waals surface area (Å²) in [6, 6.07) is 2.34. The molecule has 1 atom stereocenters. The molecule has 100 valence electrons. The van der Waals surface area contributed by atoms with Crippen molar-refractivity contribution in [1.82, 2.24) is 5.32 Å². The predicted molar refractivity (Wildman–Crippen MR) is 64.2 cm³/mol. The summed E-state index contributed by atoms with van der Waals surface area (Å²) in [5.41, 5.74) is -0.224. The monoisotopic (exact) mass is 257 g/mol. The van der Waals surface area contributed by atoms with E-state index in [2.05, 4.69) is 5.32 Å². The van der Waals surface area contributed by atoms with Gasteiger partial charge in [-0.25, -0.2) is 8.78 Å². The molecule has 0 bridgehead atoms. The first-order valence-corrected chi connectivity index (χ1v) is 5.80. The molecule has 0 aromatic heterocycles. The first kappa shape index (κ1) is 14.6. The molecule has 5 heteroatoms. The maximum atomic E-state index is 13.4. The molecular formula is C13H17F2NO2. The van der Waals surface area contributed by atoms with Crippen LogP contribution >= 0.6 is 0 Å². The zero-order valence-corrected chi connectivity index (χ0v) is 10.4. The molecule has 1 aromatic carbocycles. The van der Waals surface area contributed by atoms with E-state index < -0.39 is 23.6 Å². The van der Waals surface area contributed by atoms with Crippen LogP contribution in [0.2, 0.25) is 0 Å². The Kier molecular flexibility index (Phi) is 5.22. The van der Waals surface area contributed by atoms with E-state index in [1.165, 1.54) is 0 Å². The zero-order valence-electron chi connectivity index (χ0n) is 10.4. The quantitative estimate of drug-likeness (QED) is 0.848. The van der Waals surface area contributed by atoms with Crippen molar-refractivity contribution in [2.24, 2.45) is 5.92 Å². The third-order valence-electron chi connectivity index (χ3n) is 2.49. The minimum atomic E-state index is -0.909. The van der Waals surface area contributed by atoms with Crippen LogP contribution in [0.3, 0.4) is 0 Å². The largest absolute Gasteiger partial charge is 0.394 e. The number of amides is 1. The fourth-order valence-corrected chi connectivity index (χ4v) is 1.68. The maximum Gasteiger partial charge on any atom is 0.254 e. The van der Waals surface area contributed by atoms with Crippen LogP contribution in [0.1, 0.15) is 30.6 Å². The highest BCUT2D eigenvalue weighted by Crippen LogP contribution is 2.11. The number of hydrogen-bond acceptors (Lipinski definition) is 2. The van der Waals surface area contributed by atoms with Crippen LogP contribution in [0.4, 0.5) is 8.78 Å². The van der Waals surface area contributed by atoms with E-state index in [0.717, 1.165) is 12.1 Å². The van der Waals surface area contributed by atoms with E-state index in [-0.39, 0.29) is 12.2 Å². The van der Waals surface area contributed by atoms with Crippen LogP contribution in [-0.2, 0) is 0 Å². The second kappa shape index (κ2) is 6.44. The Morgan fingerprint density at radius 2 is 2.06 bits per heavy atom. The number of aliphatic hydroxyl groups excluding tert-OH is 1.